The molecule has 148 valence electrons. The zero-order valence-electron chi connectivity index (χ0n) is 16.8. The largest absolute Gasteiger partial charge is 0.372 e. The molecule has 27 heavy (non-hydrogen) atoms. The molecule has 0 spiro atoms. The van der Waals surface area contributed by atoms with Crippen molar-refractivity contribution in [1.29, 1.82) is 0 Å². The van der Waals surface area contributed by atoms with Crippen LogP contribution in [0.3, 0.4) is 0 Å². The van der Waals surface area contributed by atoms with Gasteiger partial charge in [-0.25, -0.2) is 4.39 Å². The SMILES string of the molecule is CCN(CC)c1ccc(CN(C(=O)C(C)(C)C)c2ccc(F)cc2)cc1.Cl. The summed E-state index contributed by atoms with van der Waals surface area (Å²) in [7, 11) is 0. The summed E-state index contributed by atoms with van der Waals surface area (Å²) >= 11 is 0. The summed E-state index contributed by atoms with van der Waals surface area (Å²) in [5, 5.41) is 0. The van der Waals surface area contributed by atoms with E-state index in [1.54, 1.807) is 17.0 Å². The Balaban J connectivity index is 0.00000364. The van der Waals surface area contributed by atoms with Gasteiger partial charge >= 0.3 is 0 Å². The van der Waals surface area contributed by atoms with Gasteiger partial charge < -0.3 is 9.80 Å². The monoisotopic (exact) mass is 392 g/mol. The highest BCUT2D eigenvalue weighted by Gasteiger charge is 2.28. The van der Waals surface area contributed by atoms with Gasteiger partial charge in [-0.2, -0.15) is 0 Å². The lowest BCUT2D eigenvalue weighted by atomic mass is 9.94. The van der Waals surface area contributed by atoms with Crippen LogP contribution < -0.4 is 9.80 Å². The predicted molar refractivity (Wildman–Crippen MR) is 114 cm³/mol. The van der Waals surface area contributed by atoms with Crippen LogP contribution in [0, 0.1) is 11.2 Å². The number of anilines is 2. The number of hydrogen-bond acceptors (Lipinski definition) is 2. The van der Waals surface area contributed by atoms with Gasteiger partial charge in [0.25, 0.3) is 0 Å². The van der Waals surface area contributed by atoms with E-state index < -0.39 is 5.41 Å². The fraction of sp³-hybridized carbons (Fsp3) is 0.409. The average molecular weight is 393 g/mol. The molecule has 0 N–H and O–H groups in total. The predicted octanol–water partition coefficient (Wildman–Crippen LogP) is 5.67. The van der Waals surface area contributed by atoms with Crippen LogP contribution in [0.5, 0.6) is 0 Å². The molecule has 0 aliphatic carbocycles. The molecule has 0 unspecified atom stereocenters. The smallest absolute Gasteiger partial charge is 0.232 e. The van der Waals surface area contributed by atoms with Gasteiger partial charge in [0.05, 0.1) is 6.54 Å². The second-order valence-corrected chi connectivity index (χ2v) is 7.46. The Bertz CT molecular complexity index is 719. The lowest BCUT2D eigenvalue weighted by molar-refractivity contribution is -0.125. The molecule has 0 aromatic heterocycles. The summed E-state index contributed by atoms with van der Waals surface area (Å²) in [6.07, 6.45) is 0. The van der Waals surface area contributed by atoms with Gasteiger partial charge in [-0.05, 0) is 55.8 Å². The molecule has 5 heteroatoms. The highest BCUT2D eigenvalue weighted by molar-refractivity contribution is 5.96. The molecule has 0 aliphatic rings. The Kier molecular flexibility index (Phi) is 8.29. The molecule has 0 saturated carbocycles. The standard InChI is InChI=1S/C22H29FN2O.ClH/c1-6-24(7-2)19-12-8-17(9-13-19)16-25(21(26)22(3,4)5)20-14-10-18(23)11-15-20;/h8-15H,6-7,16H2,1-5H3;1H. The van der Waals surface area contributed by atoms with Gasteiger partial charge in [-0.1, -0.05) is 32.9 Å². The highest BCUT2D eigenvalue weighted by Crippen LogP contribution is 2.26. The molecule has 0 atom stereocenters. The van der Waals surface area contributed by atoms with E-state index in [2.05, 4.69) is 43.0 Å². The third-order valence-corrected chi connectivity index (χ3v) is 4.43. The number of carbonyl (C=O) groups excluding carboxylic acids is 1. The number of amides is 1. The summed E-state index contributed by atoms with van der Waals surface area (Å²) < 4.78 is 13.3. The number of nitrogens with zero attached hydrogens (tertiary/aromatic N) is 2. The summed E-state index contributed by atoms with van der Waals surface area (Å²) in [4.78, 5) is 17.0. The van der Waals surface area contributed by atoms with Crippen molar-refractivity contribution in [2.45, 2.75) is 41.2 Å². The fourth-order valence-electron chi connectivity index (χ4n) is 2.89. The molecular weight excluding hydrogens is 363 g/mol. The van der Waals surface area contributed by atoms with Crippen LogP contribution >= 0.6 is 12.4 Å². The lowest BCUT2D eigenvalue weighted by Crippen LogP contribution is -2.39. The minimum atomic E-state index is -0.518. The molecule has 0 radical (unpaired) electrons. The van der Waals surface area contributed by atoms with Crippen LogP contribution in [0.1, 0.15) is 40.2 Å². The van der Waals surface area contributed by atoms with Crippen LogP contribution in [-0.2, 0) is 11.3 Å². The van der Waals surface area contributed by atoms with E-state index in [1.165, 1.54) is 17.8 Å². The minimum absolute atomic E-state index is 0. The molecule has 3 nitrogen and oxygen atoms in total. The van der Waals surface area contributed by atoms with E-state index in [4.69, 9.17) is 0 Å². The van der Waals surface area contributed by atoms with Crippen LogP contribution in [0.4, 0.5) is 15.8 Å². The minimum Gasteiger partial charge on any atom is -0.372 e. The molecule has 0 aliphatic heterocycles. The Hall–Kier alpha value is -2.07. The number of hydrogen-bond donors (Lipinski definition) is 0. The third kappa shape index (κ3) is 5.96. The van der Waals surface area contributed by atoms with Crippen LogP contribution in [0.2, 0.25) is 0 Å². The average Bonchev–Trinajstić information content (AvgIpc) is 2.61. The van der Waals surface area contributed by atoms with E-state index >= 15 is 0 Å². The third-order valence-electron chi connectivity index (χ3n) is 4.43. The van der Waals surface area contributed by atoms with Crippen molar-refractivity contribution < 1.29 is 9.18 Å². The Morgan fingerprint density at radius 1 is 0.889 bits per heavy atom. The molecule has 2 aromatic rings. The molecule has 0 heterocycles. The van der Waals surface area contributed by atoms with Crippen LogP contribution in [0.15, 0.2) is 48.5 Å². The van der Waals surface area contributed by atoms with Crippen molar-refractivity contribution in [3.8, 4) is 0 Å². The zero-order valence-corrected chi connectivity index (χ0v) is 17.6. The number of halogens is 2. The molecule has 0 bridgehead atoms. The van der Waals surface area contributed by atoms with Gasteiger partial charge in [0.15, 0.2) is 0 Å². The Labute approximate surface area is 168 Å². The molecule has 1 amide bonds. The fourth-order valence-corrected chi connectivity index (χ4v) is 2.89. The van der Waals surface area contributed by atoms with Gasteiger partial charge in [0.1, 0.15) is 5.82 Å². The molecule has 0 fully saturated rings. The Morgan fingerprint density at radius 2 is 1.37 bits per heavy atom. The van der Waals surface area contributed by atoms with Crippen molar-refractivity contribution in [3.63, 3.8) is 0 Å². The first-order chi connectivity index (χ1) is 12.3. The molecule has 2 rings (SSSR count). The zero-order chi connectivity index (χ0) is 19.3. The topological polar surface area (TPSA) is 23.6 Å². The van der Waals surface area contributed by atoms with E-state index in [-0.39, 0.29) is 24.1 Å². The van der Waals surface area contributed by atoms with Gasteiger partial charge in [-0.3, -0.25) is 4.79 Å². The summed E-state index contributed by atoms with van der Waals surface area (Å²) in [5.41, 5.74) is 2.41. The van der Waals surface area contributed by atoms with Gasteiger partial charge in [-0.15, -0.1) is 12.4 Å². The van der Waals surface area contributed by atoms with Crippen LogP contribution in [-0.4, -0.2) is 19.0 Å². The van der Waals surface area contributed by atoms with Crippen molar-refractivity contribution in [2.24, 2.45) is 5.41 Å². The van der Waals surface area contributed by atoms with E-state index in [0.717, 1.165) is 18.7 Å². The molecule has 2 aromatic carbocycles. The first kappa shape index (κ1) is 23.0. The first-order valence-corrected chi connectivity index (χ1v) is 9.17. The maximum absolute atomic E-state index is 13.3. The highest BCUT2D eigenvalue weighted by atomic mass is 35.5. The first-order valence-electron chi connectivity index (χ1n) is 9.17. The summed E-state index contributed by atoms with van der Waals surface area (Å²) in [6, 6.07) is 14.4. The lowest BCUT2D eigenvalue weighted by Gasteiger charge is -2.30. The molecule has 0 saturated heterocycles. The molecular formula is C22H30ClFN2O. The van der Waals surface area contributed by atoms with E-state index in [9.17, 15) is 9.18 Å². The number of rotatable bonds is 6. The van der Waals surface area contributed by atoms with E-state index in [0.29, 0.717) is 12.2 Å². The van der Waals surface area contributed by atoms with Gasteiger partial charge in [0.2, 0.25) is 5.91 Å². The second-order valence-electron chi connectivity index (χ2n) is 7.46. The van der Waals surface area contributed by atoms with E-state index in [1.807, 2.05) is 20.8 Å². The van der Waals surface area contributed by atoms with Crippen LogP contribution in [0.25, 0.3) is 0 Å². The second kappa shape index (κ2) is 9.75. The van der Waals surface area contributed by atoms with Gasteiger partial charge in [0, 0.05) is 29.9 Å². The Morgan fingerprint density at radius 3 is 1.81 bits per heavy atom. The van der Waals surface area contributed by atoms with Crippen molar-refractivity contribution in [3.05, 3.63) is 59.9 Å². The number of carbonyl (C=O) groups is 1. The van der Waals surface area contributed by atoms with Crippen molar-refractivity contribution in [2.75, 3.05) is 22.9 Å². The van der Waals surface area contributed by atoms with Crippen molar-refractivity contribution in [1.82, 2.24) is 0 Å². The maximum Gasteiger partial charge on any atom is 0.232 e. The maximum atomic E-state index is 13.3. The number of benzene rings is 2. The normalized spacial score (nSPS) is 10.9. The summed E-state index contributed by atoms with van der Waals surface area (Å²) in [5.74, 6) is -0.294. The summed E-state index contributed by atoms with van der Waals surface area (Å²) in [6.45, 7) is 12.3. The van der Waals surface area contributed by atoms with Crippen molar-refractivity contribution >= 4 is 29.7 Å². The quantitative estimate of drug-likeness (QED) is 0.632.